The van der Waals surface area contributed by atoms with Crippen LogP contribution < -0.4 is 11.3 Å². The molecule has 0 saturated carbocycles. The van der Waals surface area contributed by atoms with Gasteiger partial charge in [-0.2, -0.15) is 0 Å². The number of H-pyrrole nitrogens is 1. The Morgan fingerprint density at radius 3 is 2.88 bits per heavy atom. The quantitative estimate of drug-likeness (QED) is 0.864. The third-order valence-electron chi connectivity index (χ3n) is 4.67. The van der Waals surface area contributed by atoms with Gasteiger partial charge < -0.3 is 15.6 Å². The van der Waals surface area contributed by atoms with E-state index in [1.165, 1.54) is 0 Å². The minimum Gasteiger partial charge on any atom is -0.338 e. The van der Waals surface area contributed by atoms with E-state index >= 15 is 0 Å². The van der Waals surface area contributed by atoms with Crippen LogP contribution in [-0.2, 0) is 11.2 Å². The van der Waals surface area contributed by atoms with Crippen molar-refractivity contribution in [3.63, 3.8) is 0 Å². The number of aromatic amines is 1. The number of hydrogen-bond acceptors (Lipinski definition) is 5. The molecule has 0 bridgehead atoms. The molecule has 1 amide bonds. The van der Waals surface area contributed by atoms with Gasteiger partial charge in [0, 0.05) is 54.3 Å². The van der Waals surface area contributed by atoms with Gasteiger partial charge in [-0.3, -0.25) is 14.6 Å². The molecule has 2 unspecified atom stereocenters. The molecule has 0 radical (unpaired) electrons. The molecule has 132 valence electrons. The predicted molar refractivity (Wildman–Crippen MR) is 94.9 cm³/mol. The molecule has 3 rings (SSSR count). The number of aryl methyl sites for hydroxylation is 1. The first-order valence-corrected chi connectivity index (χ1v) is 8.51. The van der Waals surface area contributed by atoms with Gasteiger partial charge in [0.1, 0.15) is 5.82 Å². The number of nitrogens with two attached hydrogens (primary N) is 1. The highest BCUT2D eigenvalue weighted by atomic mass is 16.2. The monoisotopic (exact) mass is 341 g/mol. The average Bonchev–Trinajstić information content (AvgIpc) is 2.93. The maximum absolute atomic E-state index is 12.4. The number of rotatable bonds is 4. The molecule has 0 spiro atoms. The van der Waals surface area contributed by atoms with Gasteiger partial charge in [-0.05, 0) is 38.8 Å². The van der Waals surface area contributed by atoms with Crippen molar-refractivity contribution in [2.24, 2.45) is 5.73 Å². The van der Waals surface area contributed by atoms with Gasteiger partial charge in [-0.1, -0.05) is 0 Å². The van der Waals surface area contributed by atoms with Crippen LogP contribution in [-0.4, -0.2) is 44.4 Å². The van der Waals surface area contributed by atoms with E-state index in [9.17, 15) is 9.59 Å². The third-order valence-corrected chi connectivity index (χ3v) is 4.67. The average molecular weight is 341 g/mol. The van der Waals surface area contributed by atoms with Crippen LogP contribution in [0.1, 0.15) is 31.0 Å². The van der Waals surface area contributed by atoms with Gasteiger partial charge >= 0.3 is 0 Å². The summed E-state index contributed by atoms with van der Waals surface area (Å²) in [7, 11) is 0. The number of pyridine rings is 1. The summed E-state index contributed by atoms with van der Waals surface area (Å²) in [5.74, 6) is 0.528. The predicted octanol–water partition coefficient (Wildman–Crippen LogP) is 1.02. The van der Waals surface area contributed by atoms with Gasteiger partial charge in [0.25, 0.3) is 5.56 Å². The van der Waals surface area contributed by atoms with Gasteiger partial charge in [-0.25, -0.2) is 4.98 Å². The van der Waals surface area contributed by atoms with Crippen LogP contribution in [0.3, 0.4) is 0 Å². The van der Waals surface area contributed by atoms with Crippen molar-refractivity contribution in [1.29, 1.82) is 0 Å². The molecular formula is C18H23N5O2. The fourth-order valence-corrected chi connectivity index (χ4v) is 3.34. The van der Waals surface area contributed by atoms with E-state index in [4.69, 9.17) is 5.73 Å². The highest BCUT2D eigenvalue weighted by Crippen LogP contribution is 2.18. The summed E-state index contributed by atoms with van der Waals surface area (Å²) in [5.41, 5.74) is 7.66. The number of amides is 1. The molecule has 7 nitrogen and oxygen atoms in total. The molecule has 2 aromatic heterocycles. The van der Waals surface area contributed by atoms with Crippen LogP contribution in [0.4, 0.5) is 0 Å². The number of hydrogen-bond donors (Lipinski definition) is 2. The van der Waals surface area contributed by atoms with Gasteiger partial charge in [0.15, 0.2) is 0 Å². The van der Waals surface area contributed by atoms with Crippen LogP contribution in [0, 0.1) is 6.92 Å². The topological polar surface area (TPSA) is 105 Å². The van der Waals surface area contributed by atoms with Gasteiger partial charge in [0.05, 0.1) is 0 Å². The zero-order valence-electron chi connectivity index (χ0n) is 14.5. The van der Waals surface area contributed by atoms with E-state index in [-0.39, 0.29) is 30.0 Å². The second-order valence-corrected chi connectivity index (χ2v) is 6.61. The summed E-state index contributed by atoms with van der Waals surface area (Å²) in [4.78, 5) is 37.9. The minimum absolute atomic E-state index is 0.0376. The normalized spacial score (nSPS) is 20.0. The van der Waals surface area contributed by atoms with Gasteiger partial charge in [-0.15, -0.1) is 0 Å². The summed E-state index contributed by atoms with van der Waals surface area (Å²) in [6, 6.07) is 3.84. The maximum atomic E-state index is 12.4. The zero-order chi connectivity index (χ0) is 18.0. The highest BCUT2D eigenvalue weighted by molar-refractivity contribution is 5.77. The minimum atomic E-state index is -0.203. The van der Waals surface area contributed by atoms with Crippen LogP contribution in [0.25, 0.3) is 11.4 Å². The van der Waals surface area contributed by atoms with Crippen molar-refractivity contribution < 1.29 is 4.79 Å². The first kappa shape index (κ1) is 17.3. The van der Waals surface area contributed by atoms with E-state index in [0.29, 0.717) is 30.0 Å². The molecular weight excluding hydrogens is 318 g/mol. The largest absolute Gasteiger partial charge is 0.338 e. The summed E-state index contributed by atoms with van der Waals surface area (Å²) < 4.78 is 0. The molecule has 1 fully saturated rings. The molecule has 1 aliphatic rings. The van der Waals surface area contributed by atoms with Crippen molar-refractivity contribution in [2.45, 2.75) is 45.2 Å². The Kier molecular flexibility index (Phi) is 4.94. The van der Waals surface area contributed by atoms with Crippen molar-refractivity contribution >= 4 is 5.91 Å². The van der Waals surface area contributed by atoms with Crippen molar-refractivity contribution in [3.8, 4) is 11.4 Å². The number of carbonyl (C=O) groups is 1. The zero-order valence-corrected chi connectivity index (χ0v) is 14.5. The lowest BCUT2D eigenvalue weighted by atomic mass is 10.1. The standard InChI is InChI=1S/C18H23N5O2/c1-11-8-14(19)10-23(11)16(24)6-5-15-12(2)21-17(22-18(15)25)13-4-3-7-20-9-13/h3-4,7,9,11,14H,5-6,8,10,19H2,1-2H3,(H,21,22,25). The second-order valence-electron chi connectivity index (χ2n) is 6.61. The van der Waals surface area contributed by atoms with E-state index in [1.807, 2.05) is 17.9 Å². The first-order chi connectivity index (χ1) is 12.0. The Bertz CT molecular complexity index is 818. The molecule has 7 heteroatoms. The Morgan fingerprint density at radius 1 is 1.48 bits per heavy atom. The summed E-state index contributed by atoms with van der Waals surface area (Å²) >= 11 is 0. The Morgan fingerprint density at radius 2 is 2.28 bits per heavy atom. The van der Waals surface area contributed by atoms with Crippen LogP contribution >= 0.6 is 0 Å². The number of aromatic nitrogens is 3. The molecule has 0 aromatic carbocycles. The van der Waals surface area contributed by atoms with Crippen molar-refractivity contribution in [2.75, 3.05) is 6.54 Å². The van der Waals surface area contributed by atoms with Crippen molar-refractivity contribution in [3.05, 3.63) is 46.1 Å². The number of nitrogens with zero attached hydrogens (tertiary/aromatic N) is 3. The third kappa shape index (κ3) is 3.76. The lowest BCUT2D eigenvalue weighted by Crippen LogP contribution is -2.35. The fourth-order valence-electron chi connectivity index (χ4n) is 3.34. The van der Waals surface area contributed by atoms with E-state index in [1.54, 1.807) is 25.4 Å². The molecule has 3 heterocycles. The lowest BCUT2D eigenvalue weighted by Gasteiger charge is -2.21. The summed E-state index contributed by atoms with van der Waals surface area (Å²) in [6.07, 6.45) is 4.80. The van der Waals surface area contributed by atoms with E-state index in [0.717, 1.165) is 12.0 Å². The van der Waals surface area contributed by atoms with Crippen molar-refractivity contribution in [1.82, 2.24) is 19.9 Å². The fraction of sp³-hybridized carbons (Fsp3) is 0.444. The lowest BCUT2D eigenvalue weighted by molar-refractivity contribution is -0.131. The summed E-state index contributed by atoms with van der Waals surface area (Å²) in [5, 5.41) is 0. The summed E-state index contributed by atoms with van der Waals surface area (Å²) in [6.45, 7) is 4.39. The Labute approximate surface area is 146 Å². The van der Waals surface area contributed by atoms with Crippen LogP contribution in [0.2, 0.25) is 0 Å². The van der Waals surface area contributed by atoms with E-state index < -0.39 is 0 Å². The Hall–Kier alpha value is -2.54. The first-order valence-electron chi connectivity index (χ1n) is 8.51. The number of likely N-dealkylation sites (tertiary alicyclic amines) is 1. The molecule has 3 N–H and O–H groups in total. The van der Waals surface area contributed by atoms with Crippen LogP contribution in [0.5, 0.6) is 0 Å². The number of nitrogens with one attached hydrogen (secondary N) is 1. The molecule has 2 aromatic rings. The van der Waals surface area contributed by atoms with E-state index in [2.05, 4.69) is 15.0 Å². The molecule has 25 heavy (non-hydrogen) atoms. The smallest absolute Gasteiger partial charge is 0.254 e. The molecule has 1 aliphatic heterocycles. The molecule has 1 saturated heterocycles. The van der Waals surface area contributed by atoms with Gasteiger partial charge in [0.2, 0.25) is 5.91 Å². The molecule has 2 atom stereocenters. The SMILES string of the molecule is Cc1nc(-c2cccnc2)[nH]c(=O)c1CCC(=O)N1CC(N)CC1C. The maximum Gasteiger partial charge on any atom is 0.254 e. The highest BCUT2D eigenvalue weighted by Gasteiger charge is 2.30. The molecule has 0 aliphatic carbocycles. The van der Waals surface area contributed by atoms with Crippen LogP contribution in [0.15, 0.2) is 29.3 Å². The number of carbonyl (C=O) groups excluding carboxylic acids is 1. The Balaban J connectivity index is 1.73. The second kappa shape index (κ2) is 7.14.